The number of hydrogen-bond acceptors (Lipinski definition) is 9. The van der Waals surface area contributed by atoms with Gasteiger partial charge in [-0.2, -0.15) is 4.98 Å². The molecule has 1 aromatic carbocycles. The quantitative estimate of drug-likeness (QED) is 0.551. The lowest BCUT2D eigenvalue weighted by Gasteiger charge is -2.36. The highest BCUT2D eigenvalue weighted by Crippen LogP contribution is 2.60. The molecule has 1 saturated heterocycles. The van der Waals surface area contributed by atoms with Gasteiger partial charge in [-0.25, -0.2) is 13.2 Å². The molecule has 2 fully saturated rings. The molecule has 1 aliphatic carbocycles. The second-order valence-electron chi connectivity index (χ2n) is 10.5. The SMILES string of the molecule is CC1OCC(=O)C1NC(=O)C(CC(C)(C)C1(C)CC1)Nc1nc(=O)oc2c(S(C)(=O)=O)cccc12. The highest BCUT2D eigenvalue weighted by molar-refractivity contribution is 7.91. The van der Waals surface area contributed by atoms with Crippen LogP contribution in [-0.4, -0.2) is 56.1 Å². The summed E-state index contributed by atoms with van der Waals surface area (Å²) in [7, 11) is -3.69. The fourth-order valence-corrected chi connectivity index (χ4v) is 5.39. The Kier molecular flexibility index (Phi) is 6.29. The lowest BCUT2D eigenvalue weighted by atomic mass is 9.72. The molecule has 2 heterocycles. The Balaban J connectivity index is 1.73. The summed E-state index contributed by atoms with van der Waals surface area (Å²) in [4.78, 5) is 41.7. The second-order valence-corrected chi connectivity index (χ2v) is 12.5. The smallest absolute Gasteiger partial charge is 0.406 e. The summed E-state index contributed by atoms with van der Waals surface area (Å²) in [6.07, 6.45) is 3.02. The Bertz CT molecular complexity index is 1340. The van der Waals surface area contributed by atoms with E-state index in [-0.39, 0.29) is 44.9 Å². The van der Waals surface area contributed by atoms with Gasteiger partial charge in [-0.15, -0.1) is 0 Å². The number of ketones is 1. The topological polar surface area (TPSA) is 145 Å². The lowest BCUT2D eigenvalue weighted by molar-refractivity contribution is -0.127. The first kappa shape index (κ1) is 25.3. The molecule has 1 amide bonds. The number of sulfone groups is 1. The van der Waals surface area contributed by atoms with Crippen molar-refractivity contribution in [1.82, 2.24) is 10.3 Å². The maximum atomic E-state index is 13.5. The maximum Gasteiger partial charge on any atom is 0.441 e. The third kappa shape index (κ3) is 4.97. The van der Waals surface area contributed by atoms with Crippen molar-refractivity contribution >= 4 is 38.3 Å². The number of carbonyl (C=O) groups excluding carboxylic acids is 2. The van der Waals surface area contributed by atoms with E-state index in [1.54, 1.807) is 13.0 Å². The molecule has 1 saturated carbocycles. The molecular weight excluding hydrogens is 474 g/mol. The zero-order valence-electron chi connectivity index (χ0n) is 20.5. The largest absolute Gasteiger partial charge is 0.441 e. The second kappa shape index (κ2) is 8.70. The van der Waals surface area contributed by atoms with E-state index >= 15 is 0 Å². The van der Waals surface area contributed by atoms with Gasteiger partial charge in [0, 0.05) is 6.26 Å². The van der Waals surface area contributed by atoms with Crippen LogP contribution in [0.25, 0.3) is 11.0 Å². The van der Waals surface area contributed by atoms with Gasteiger partial charge >= 0.3 is 5.76 Å². The van der Waals surface area contributed by atoms with Crippen molar-refractivity contribution < 1.29 is 27.2 Å². The van der Waals surface area contributed by atoms with Crippen LogP contribution in [0.1, 0.15) is 47.0 Å². The molecule has 1 aromatic heterocycles. The van der Waals surface area contributed by atoms with Gasteiger partial charge in [0.05, 0.1) is 11.5 Å². The monoisotopic (exact) mass is 505 g/mol. The normalized spacial score (nSPS) is 22.7. The number of aromatic nitrogens is 1. The summed E-state index contributed by atoms with van der Waals surface area (Å²) in [5.41, 5.74) is -0.323. The van der Waals surface area contributed by atoms with Gasteiger partial charge in [0.25, 0.3) is 0 Å². The number of Topliss-reactive ketones (excluding diaryl/α,β-unsaturated/α-hetero) is 1. The number of nitrogens with zero attached hydrogens (tertiary/aromatic N) is 1. The van der Waals surface area contributed by atoms with Crippen molar-refractivity contribution in [2.75, 3.05) is 18.2 Å². The first-order valence-corrected chi connectivity index (χ1v) is 13.5. The summed E-state index contributed by atoms with van der Waals surface area (Å²) in [5, 5.41) is 6.12. The van der Waals surface area contributed by atoms with E-state index in [2.05, 4.69) is 36.4 Å². The molecule has 11 heteroatoms. The number of anilines is 1. The number of nitrogens with one attached hydrogen (secondary N) is 2. The Labute approximate surface area is 203 Å². The van der Waals surface area contributed by atoms with E-state index in [4.69, 9.17) is 9.15 Å². The van der Waals surface area contributed by atoms with Crippen molar-refractivity contribution in [3.05, 3.63) is 28.7 Å². The molecule has 3 atom stereocenters. The van der Waals surface area contributed by atoms with Crippen molar-refractivity contribution in [2.45, 2.75) is 70.0 Å². The van der Waals surface area contributed by atoms with Crippen LogP contribution in [0.2, 0.25) is 0 Å². The van der Waals surface area contributed by atoms with Gasteiger partial charge in [-0.1, -0.05) is 26.8 Å². The molecule has 3 unspecified atom stereocenters. The molecular formula is C24H31N3O7S. The van der Waals surface area contributed by atoms with E-state index in [1.807, 2.05) is 0 Å². The van der Waals surface area contributed by atoms with Gasteiger partial charge in [-0.05, 0) is 49.1 Å². The molecule has 190 valence electrons. The summed E-state index contributed by atoms with van der Waals surface area (Å²) < 4.78 is 35.0. The van der Waals surface area contributed by atoms with Crippen molar-refractivity contribution in [1.29, 1.82) is 0 Å². The molecule has 35 heavy (non-hydrogen) atoms. The summed E-state index contributed by atoms with van der Waals surface area (Å²) >= 11 is 0. The Morgan fingerprint density at radius 2 is 1.97 bits per heavy atom. The highest BCUT2D eigenvalue weighted by Gasteiger charge is 2.51. The standard InChI is InChI=1S/C24H31N3O7S/c1-13-18(16(28)12-33-13)26-21(29)15(11-23(2,3)24(4)9-10-24)25-20-14-7-6-8-17(35(5,31)32)19(14)34-22(30)27-20/h6-8,13,15,18H,9-12H2,1-5H3,(H,26,29)(H,25,27,30). The van der Waals surface area contributed by atoms with E-state index in [9.17, 15) is 22.8 Å². The van der Waals surface area contributed by atoms with E-state index in [0.29, 0.717) is 6.42 Å². The van der Waals surface area contributed by atoms with Crippen LogP contribution in [0.5, 0.6) is 0 Å². The van der Waals surface area contributed by atoms with Crippen molar-refractivity contribution in [2.24, 2.45) is 10.8 Å². The molecule has 0 spiro atoms. The first-order valence-electron chi connectivity index (χ1n) is 11.6. The molecule has 2 N–H and O–H groups in total. The number of fused-ring (bicyclic) bond motifs is 1. The lowest BCUT2D eigenvalue weighted by Crippen LogP contribution is -2.51. The van der Waals surface area contributed by atoms with Gasteiger partial charge in [0.2, 0.25) is 5.91 Å². The van der Waals surface area contributed by atoms with Gasteiger partial charge in [0.15, 0.2) is 21.2 Å². The third-order valence-corrected chi connectivity index (χ3v) is 8.72. The zero-order valence-corrected chi connectivity index (χ0v) is 21.3. The van der Waals surface area contributed by atoms with Crippen LogP contribution < -0.4 is 16.4 Å². The molecule has 2 aromatic rings. The maximum absolute atomic E-state index is 13.5. The van der Waals surface area contributed by atoms with Gasteiger partial charge in [-0.3, -0.25) is 9.59 Å². The van der Waals surface area contributed by atoms with Crippen LogP contribution in [0.15, 0.2) is 32.3 Å². The number of rotatable bonds is 8. The number of amides is 1. The molecule has 0 radical (unpaired) electrons. The zero-order chi connectivity index (χ0) is 25.8. The highest BCUT2D eigenvalue weighted by atomic mass is 32.2. The fraction of sp³-hybridized carbons (Fsp3) is 0.583. The summed E-state index contributed by atoms with van der Waals surface area (Å²) in [6.45, 7) is 8.00. The average Bonchev–Trinajstić information content (AvgIpc) is 3.45. The van der Waals surface area contributed by atoms with Gasteiger partial charge in [0.1, 0.15) is 29.4 Å². The Morgan fingerprint density at radius 3 is 2.54 bits per heavy atom. The molecule has 10 nitrogen and oxygen atoms in total. The Hall–Kier alpha value is -2.79. The van der Waals surface area contributed by atoms with Crippen LogP contribution >= 0.6 is 0 Å². The fourth-order valence-electron chi connectivity index (χ4n) is 4.58. The minimum Gasteiger partial charge on any atom is -0.406 e. The number of ether oxygens (including phenoxy) is 1. The van der Waals surface area contributed by atoms with Crippen LogP contribution in [0.4, 0.5) is 5.82 Å². The third-order valence-electron chi connectivity index (χ3n) is 7.60. The molecule has 4 rings (SSSR count). The molecule has 2 aliphatic rings. The Morgan fingerprint density at radius 1 is 1.29 bits per heavy atom. The van der Waals surface area contributed by atoms with Crippen molar-refractivity contribution in [3.63, 3.8) is 0 Å². The van der Waals surface area contributed by atoms with Crippen molar-refractivity contribution in [3.8, 4) is 0 Å². The van der Waals surface area contributed by atoms with E-state index in [0.717, 1.165) is 19.1 Å². The number of para-hydroxylation sites is 1. The number of hydrogen-bond donors (Lipinski definition) is 2. The minimum absolute atomic E-state index is 0.0423. The van der Waals surface area contributed by atoms with Gasteiger partial charge < -0.3 is 19.8 Å². The molecule has 0 bridgehead atoms. The predicted molar refractivity (Wildman–Crippen MR) is 129 cm³/mol. The first-order chi connectivity index (χ1) is 16.2. The van der Waals surface area contributed by atoms with E-state index < -0.39 is 39.7 Å². The summed E-state index contributed by atoms with van der Waals surface area (Å²) in [6, 6.07) is 2.81. The average molecular weight is 506 g/mol. The van der Waals surface area contributed by atoms with E-state index in [1.165, 1.54) is 12.1 Å². The minimum atomic E-state index is -3.69. The number of benzene rings is 1. The predicted octanol–water partition coefficient (Wildman–Crippen LogP) is 2.06. The van der Waals surface area contributed by atoms with Crippen LogP contribution in [0.3, 0.4) is 0 Å². The van der Waals surface area contributed by atoms with Crippen LogP contribution in [0, 0.1) is 10.8 Å². The number of carbonyl (C=O) groups is 2. The summed E-state index contributed by atoms with van der Waals surface area (Å²) in [5.74, 6) is -1.59. The van der Waals surface area contributed by atoms with Crippen LogP contribution in [-0.2, 0) is 24.2 Å². The molecule has 1 aliphatic heterocycles.